The molecule has 0 bridgehead atoms. The molecule has 0 heterocycles. The third kappa shape index (κ3) is 4.56. The lowest BCUT2D eigenvalue weighted by atomic mass is 9.78. The third-order valence-corrected chi connectivity index (χ3v) is 3.34. The van der Waals surface area contributed by atoms with Crippen molar-refractivity contribution in [1.29, 1.82) is 0 Å². The van der Waals surface area contributed by atoms with Crippen molar-refractivity contribution < 1.29 is 14.4 Å². The second kappa shape index (κ2) is 8.26. The Kier molecular flexibility index (Phi) is 6.52. The summed E-state index contributed by atoms with van der Waals surface area (Å²) in [7, 11) is 0. The first-order valence-corrected chi connectivity index (χ1v) is 5.96. The van der Waals surface area contributed by atoms with Gasteiger partial charge in [-0.3, -0.25) is 0 Å². The van der Waals surface area contributed by atoms with Crippen LogP contribution in [0.25, 0.3) is 0 Å². The van der Waals surface area contributed by atoms with Crippen LogP contribution in [-0.2, 0) is 14.4 Å². The molecule has 0 aliphatic heterocycles. The van der Waals surface area contributed by atoms with Gasteiger partial charge in [0.15, 0.2) is 0 Å². The van der Waals surface area contributed by atoms with Gasteiger partial charge in [-0.15, -0.1) is 0 Å². The van der Waals surface area contributed by atoms with Gasteiger partial charge in [0.25, 0.3) is 0 Å². The number of hydrogen-bond acceptors (Lipinski definition) is 6. The molecule has 1 aliphatic rings. The Labute approximate surface area is 105 Å². The van der Waals surface area contributed by atoms with E-state index in [1.807, 2.05) is 0 Å². The first kappa shape index (κ1) is 14.2. The summed E-state index contributed by atoms with van der Waals surface area (Å²) in [6.07, 6.45) is 8.30. The molecule has 0 N–H and O–H groups in total. The molecule has 1 saturated carbocycles. The van der Waals surface area contributed by atoms with E-state index in [2.05, 4.69) is 15.0 Å². The maximum Gasteiger partial charge on any atom is 0.235 e. The number of rotatable bonds is 6. The van der Waals surface area contributed by atoms with E-state index in [0.29, 0.717) is 12.5 Å². The molecule has 3 atom stereocenters. The summed E-state index contributed by atoms with van der Waals surface area (Å²) in [5, 5.41) is 0. The van der Waals surface area contributed by atoms with Crippen LogP contribution in [0.3, 0.4) is 0 Å². The molecule has 0 amide bonds. The highest BCUT2D eigenvalue weighted by Crippen LogP contribution is 2.32. The van der Waals surface area contributed by atoms with Gasteiger partial charge in [0.05, 0.1) is 19.1 Å². The average Bonchev–Trinajstić information content (AvgIpc) is 2.41. The highest BCUT2D eigenvalue weighted by Gasteiger charge is 2.28. The van der Waals surface area contributed by atoms with E-state index >= 15 is 0 Å². The summed E-state index contributed by atoms with van der Waals surface area (Å²) in [6, 6.07) is -0.313. The Morgan fingerprint density at radius 2 is 1.83 bits per heavy atom. The number of aliphatic imine (C=N–C) groups is 3. The van der Waals surface area contributed by atoms with Gasteiger partial charge in [-0.2, -0.15) is 0 Å². The van der Waals surface area contributed by atoms with Crippen molar-refractivity contribution in [3.8, 4) is 0 Å². The van der Waals surface area contributed by atoms with E-state index in [4.69, 9.17) is 0 Å². The quantitative estimate of drug-likeness (QED) is 0.522. The van der Waals surface area contributed by atoms with Gasteiger partial charge in [-0.1, -0.05) is 6.42 Å². The summed E-state index contributed by atoms with van der Waals surface area (Å²) in [6.45, 7) is 0.640. The fraction of sp³-hybridized carbons (Fsp3) is 0.750. The van der Waals surface area contributed by atoms with E-state index in [9.17, 15) is 14.4 Å². The van der Waals surface area contributed by atoms with Gasteiger partial charge in [0, 0.05) is 0 Å². The maximum absolute atomic E-state index is 10.4. The minimum atomic E-state index is -0.313. The van der Waals surface area contributed by atoms with Crippen molar-refractivity contribution in [2.45, 2.75) is 31.7 Å². The summed E-state index contributed by atoms with van der Waals surface area (Å²) in [4.78, 5) is 41.4. The van der Waals surface area contributed by atoms with Crippen molar-refractivity contribution in [1.82, 2.24) is 0 Å². The standard InChI is InChI=1S/C12H15N3O3/c16-7-13-5-10-2-1-3-11(4-10)12(15-9-18)6-14-8-17/h10-12H,1-6H2. The van der Waals surface area contributed by atoms with E-state index in [1.165, 1.54) is 18.2 Å². The number of hydrogen-bond donors (Lipinski definition) is 0. The molecule has 18 heavy (non-hydrogen) atoms. The topological polar surface area (TPSA) is 88.3 Å². The molecule has 0 radical (unpaired) electrons. The van der Waals surface area contributed by atoms with Crippen LogP contribution in [0.1, 0.15) is 25.7 Å². The third-order valence-electron chi connectivity index (χ3n) is 3.34. The van der Waals surface area contributed by atoms with Crippen LogP contribution in [0.15, 0.2) is 15.0 Å². The van der Waals surface area contributed by atoms with Gasteiger partial charge in [-0.05, 0) is 31.1 Å². The van der Waals surface area contributed by atoms with Gasteiger partial charge in [0.1, 0.15) is 0 Å². The first-order valence-electron chi connectivity index (χ1n) is 5.96. The highest BCUT2D eigenvalue weighted by atomic mass is 16.1. The van der Waals surface area contributed by atoms with Crippen LogP contribution in [0.5, 0.6) is 0 Å². The number of nitrogens with zero attached hydrogens (tertiary/aromatic N) is 3. The summed E-state index contributed by atoms with van der Waals surface area (Å²) in [5.74, 6) is 0.499. The maximum atomic E-state index is 10.4. The molecule has 1 aliphatic carbocycles. The average molecular weight is 249 g/mol. The van der Waals surface area contributed by atoms with Crippen molar-refractivity contribution in [2.24, 2.45) is 26.8 Å². The Hall–Kier alpha value is -1.86. The predicted molar refractivity (Wildman–Crippen MR) is 63.3 cm³/mol. The van der Waals surface area contributed by atoms with E-state index in [0.717, 1.165) is 25.7 Å². The van der Waals surface area contributed by atoms with Crippen LogP contribution in [-0.4, -0.2) is 37.4 Å². The van der Waals surface area contributed by atoms with Gasteiger partial charge in [0.2, 0.25) is 18.2 Å². The van der Waals surface area contributed by atoms with Crippen LogP contribution < -0.4 is 0 Å². The Bertz CT molecular complexity index is 405. The molecule has 0 spiro atoms. The van der Waals surface area contributed by atoms with Gasteiger partial charge >= 0.3 is 0 Å². The second-order valence-corrected chi connectivity index (χ2v) is 4.44. The molecule has 0 aromatic carbocycles. The predicted octanol–water partition coefficient (Wildman–Crippen LogP) is 1.17. The van der Waals surface area contributed by atoms with Crippen molar-refractivity contribution in [3.63, 3.8) is 0 Å². The van der Waals surface area contributed by atoms with Crippen LogP contribution in [0.2, 0.25) is 0 Å². The summed E-state index contributed by atoms with van der Waals surface area (Å²) < 4.78 is 0. The molecule has 0 saturated heterocycles. The molecule has 1 rings (SSSR count). The summed E-state index contributed by atoms with van der Waals surface area (Å²) in [5.41, 5.74) is 0. The van der Waals surface area contributed by atoms with Crippen molar-refractivity contribution >= 4 is 18.2 Å². The van der Waals surface area contributed by atoms with Gasteiger partial charge in [-0.25, -0.2) is 29.4 Å². The molecule has 96 valence electrons. The first-order chi connectivity index (χ1) is 8.81. The molecule has 6 nitrogen and oxygen atoms in total. The summed E-state index contributed by atoms with van der Waals surface area (Å²) >= 11 is 0. The Balaban J connectivity index is 2.63. The minimum absolute atomic E-state index is 0.174. The van der Waals surface area contributed by atoms with E-state index < -0.39 is 0 Å². The fourth-order valence-corrected chi connectivity index (χ4v) is 2.51. The molecule has 6 heteroatoms. The highest BCUT2D eigenvalue weighted by molar-refractivity contribution is 5.35. The smallest absolute Gasteiger partial charge is 0.211 e. The van der Waals surface area contributed by atoms with E-state index in [1.54, 1.807) is 0 Å². The fourth-order valence-electron chi connectivity index (χ4n) is 2.51. The SMILES string of the molecule is O=C=NCC1CCCC(C(CN=C=O)N=C=O)C1. The lowest BCUT2D eigenvalue weighted by Crippen LogP contribution is -2.28. The van der Waals surface area contributed by atoms with Crippen LogP contribution >= 0.6 is 0 Å². The monoisotopic (exact) mass is 249 g/mol. The van der Waals surface area contributed by atoms with Crippen molar-refractivity contribution in [2.75, 3.05) is 13.1 Å². The van der Waals surface area contributed by atoms with Crippen LogP contribution in [0.4, 0.5) is 0 Å². The van der Waals surface area contributed by atoms with Crippen LogP contribution in [0, 0.1) is 11.8 Å². The lowest BCUT2D eigenvalue weighted by Gasteiger charge is -2.30. The molecule has 0 aromatic rings. The molecular weight excluding hydrogens is 234 g/mol. The lowest BCUT2D eigenvalue weighted by molar-refractivity contribution is 0.241. The molecular formula is C12H15N3O3. The number of carbonyl (C=O) groups excluding carboxylic acids is 3. The Morgan fingerprint density at radius 1 is 1.06 bits per heavy atom. The molecule has 1 fully saturated rings. The minimum Gasteiger partial charge on any atom is -0.211 e. The zero-order valence-corrected chi connectivity index (χ0v) is 10.0. The normalized spacial score (nSPS) is 24.0. The number of isocyanates is 3. The molecule has 3 unspecified atom stereocenters. The molecule has 0 aromatic heterocycles. The largest absolute Gasteiger partial charge is 0.235 e. The van der Waals surface area contributed by atoms with Crippen molar-refractivity contribution in [3.05, 3.63) is 0 Å². The van der Waals surface area contributed by atoms with E-state index in [-0.39, 0.29) is 18.5 Å². The Morgan fingerprint density at radius 3 is 2.50 bits per heavy atom. The zero-order valence-electron chi connectivity index (χ0n) is 10.0. The zero-order chi connectivity index (χ0) is 13.2. The second-order valence-electron chi connectivity index (χ2n) is 4.44. The van der Waals surface area contributed by atoms with Gasteiger partial charge < -0.3 is 0 Å².